The molecule has 4 heteroatoms. The molecule has 122 valence electrons. The van der Waals surface area contributed by atoms with Crippen LogP contribution in [-0.2, 0) is 0 Å². The van der Waals surface area contributed by atoms with Gasteiger partial charge in [0.1, 0.15) is 0 Å². The van der Waals surface area contributed by atoms with Crippen LogP contribution in [0.15, 0.2) is 12.3 Å². The van der Waals surface area contributed by atoms with Gasteiger partial charge in [-0.2, -0.15) is 0 Å². The van der Waals surface area contributed by atoms with E-state index in [2.05, 4.69) is 47.0 Å². The first kappa shape index (κ1) is 16.8. The largest absolute Gasteiger partial charge is 0.361 e. The van der Waals surface area contributed by atoms with Gasteiger partial charge < -0.3 is 15.5 Å². The third-order valence-electron chi connectivity index (χ3n) is 4.61. The molecule has 0 aromatic rings. The fourth-order valence-corrected chi connectivity index (χ4v) is 3.35. The zero-order valence-corrected chi connectivity index (χ0v) is 13.9. The summed E-state index contributed by atoms with van der Waals surface area (Å²) in [5, 5.41) is 11.4. The molecule has 2 aliphatic heterocycles. The monoisotopic (exact) mass is 294 g/mol. The molecule has 21 heavy (non-hydrogen) atoms. The quantitative estimate of drug-likeness (QED) is 0.599. The molecule has 0 radical (unpaired) electrons. The first-order chi connectivity index (χ1) is 10.4. The average molecular weight is 294 g/mol. The topological polar surface area (TPSA) is 39.3 Å². The highest BCUT2D eigenvalue weighted by atomic mass is 15.3. The summed E-state index contributed by atoms with van der Waals surface area (Å²) in [6, 6.07) is 1.02. The maximum Gasteiger partial charge on any atom is 0.0961 e. The molecule has 0 spiro atoms. The Kier molecular flexibility index (Phi) is 7.54. The van der Waals surface area contributed by atoms with Crippen LogP contribution in [0.2, 0.25) is 0 Å². The van der Waals surface area contributed by atoms with Gasteiger partial charge in [-0.05, 0) is 51.5 Å². The van der Waals surface area contributed by atoms with Crippen molar-refractivity contribution in [2.75, 3.05) is 26.2 Å². The molecule has 2 aliphatic rings. The number of hydrogen-bond acceptors (Lipinski definition) is 4. The standard InChI is InChI=1S/C17H34N4/c1-3-5-10-18-15-9-7-13-21-14-8-12-20-17(21)16(15)19-11-6-4-2/h7,13,15-20H,3-6,8-12,14H2,1-2H3. The molecule has 0 aromatic heterocycles. The maximum absolute atomic E-state index is 3.83. The Bertz CT molecular complexity index is 305. The summed E-state index contributed by atoms with van der Waals surface area (Å²) in [6.45, 7) is 9.10. The summed E-state index contributed by atoms with van der Waals surface area (Å²) in [7, 11) is 0. The van der Waals surface area contributed by atoms with Crippen molar-refractivity contribution in [1.29, 1.82) is 0 Å². The first-order valence-corrected chi connectivity index (χ1v) is 8.99. The van der Waals surface area contributed by atoms with E-state index in [4.69, 9.17) is 0 Å². The fraction of sp³-hybridized carbons (Fsp3) is 0.882. The van der Waals surface area contributed by atoms with E-state index in [1.807, 2.05) is 0 Å². The summed E-state index contributed by atoms with van der Waals surface area (Å²) in [5.74, 6) is 0. The van der Waals surface area contributed by atoms with E-state index in [0.717, 1.165) is 26.1 Å². The van der Waals surface area contributed by atoms with Crippen molar-refractivity contribution in [3.05, 3.63) is 12.3 Å². The van der Waals surface area contributed by atoms with Crippen LogP contribution in [-0.4, -0.2) is 49.3 Å². The van der Waals surface area contributed by atoms with Gasteiger partial charge in [0, 0.05) is 12.6 Å². The Labute approximate surface area is 130 Å². The van der Waals surface area contributed by atoms with Crippen molar-refractivity contribution < 1.29 is 0 Å². The molecule has 3 atom stereocenters. The molecular formula is C17H34N4. The number of fused-ring (bicyclic) bond motifs is 1. The lowest BCUT2D eigenvalue weighted by molar-refractivity contribution is 0.133. The molecule has 0 saturated carbocycles. The molecule has 4 nitrogen and oxygen atoms in total. The molecule has 3 unspecified atom stereocenters. The predicted octanol–water partition coefficient (Wildman–Crippen LogP) is 2.04. The summed E-state index contributed by atoms with van der Waals surface area (Å²) < 4.78 is 0. The third kappa shape index (κ3) is 4.97. The van der Waals surface area contributed by atoms with Gasteiger partial charge in [0.05, 0.1) is 12.2 Å². The van der Waals surface area contributed by atoms with Crippen molar-refractivity contribution >= 4 is 0 Å². The van der Waals surface area contributed by atoms with Crippen LogP contribution in [0, 0.1) is 0 Å². The molecule has 1 fully saturated rings. The lowest BCUT2D eigenvalue weighted by Gasteiger charge is -2.42. The highest BCUT2D eigenvalue weighted by molar-refractivity contribution is 5.04. The van der Waals surface area contributed by atoms with E-state index >= 15 is 0 Å². The normalized spacial score (nSPS) is 29.2. The molecule has 2 heterocycles. The number of nitrogens with one attached hydrogen (secondary N) is 3. The van der Waals surface area contributed by atoms with Crippen molar-refractivity contribution in [3.63, 3.8) is 0 Å². The predicted molar refractivity (Wildman–Crippen MR) is 90.3 cm³/mol. The smallest absolute Gasteiger partial charge is 0.0961 e. The van der Waals surface area contributed by atoms with Gasteiger partial charge >= 0.3 is 0 Å². The fourth-order valence-electron chi connectivity index (χ4n) is 3.35. The van der Waals surface area contributed by atoms with E-state index in [9.17, 15) is 0 Å². The Hall–Kier alpha value is -0.580. The summed E-state index contributed by atoms with van der Waals surface area (Å²) in [4.78, 5) is 2.49. The van der Waals surface area contributed by atoms with Gasteiger partial charge in [-0.15, -0.1) is 0 Å². The minimum Gasteiger partial charge on any atom is -0.361 e. The van der Waals surface area contributed by atoms with Crippen LogP contribution >= 0.6 is 0 Å². The van der Waals surface area contributed by atoms with E-state index < -0.39 is 0 Å². The van der Waals surface area contributed by atoms with Gasteiger partial charge in [0.2, 0.25) is 0 Å². The van der Waals surface area contributed by atoms with Crippen LogP contribution < -0.4 is 16.0 Å². The molecule has 0 aliphatic carbocycles. The lowest BCUT2D eigenvalue weighted by Crippen LogP contribution is -2.64. The van der Waals surface area contributed by atoms with Crippen LogP contribution in [0.1, 0.15) is 52.4 Å². The summed E-state index contributed by atoms with van der Waals surface area (Å²) >= 11 is 0. The van der Waals surface area contributed by atoms with Gasteiger partial charge in [0.15, 0.2) is 0 Å². The van der Waals surface area contributed by atoms with E-state index in [1.54, 1.807) is 0 Å². The Morgan fingerprint density at radius 3 is 2.67 bits per heavy atom. The van der Waals surface area contributed by atoms with Gasteiger partial charge in [0.25, 0.3) is 0 Å². The van der Waals surface area contributed by atoms with Crippen LogP contribution in [0.25, 0.3) is 0 Å². The second kappa shape index (κ2) is 9.44. The summed E-state index contributed by atoms with van der Waals surface area (Å²) in [6.07, 6.45) is 12.5. The minimum atomic E-state index is 0.438. The maximum atomic E-state index is 3.83. The van der Waals surface area contributed by atoms with Gasteiger partial charge in [-0.25, -0.2) is 0 Å². The van der Waals surface area contributed by atoms with Crippen LogP contribution in [0.4, 0.5) is 0 Å². The van der Waals surface area contributed by atoms with E-state index in [-0.39, 0.29) is 0 Å². The van der Waals surface area contributed by atoms with Crippen molar-refractivity contribution in [1.82, 2.24) is 20.9 Å². The molecule has 1 saturated heterocycles. The first-order valence-electron chi connectivity index (χ1n) is 8.99. The highest BCUT2D eigenvalue weighted by Gasteiger charge is 2.34. The van der Waals surface area contributed by atoms with Crippen molar-refractivity contribution in [3.8, 4) is 0 Å². The Morgan fingerprint density at radius 1 is 1.14 bits per heavy atom. The molecular weight excluding hydrogens is 260 g/mol. The van der Waals surface area contributed by atoms with Crippen molar-refractivity contribution in [2.45, 2.75) is 70.6 Å². The zero-order chi connectivity index (χ0) is 14.9. The third-order valence-corrected chi connectivity index (χ3v) is 4.61. The Balaban J connectivity index is 1.99. The SMILES string of the molecule is CCCCNC1CC=CN2CCCNC2C1NCCCC. The van der Waals surface area contributed by atoms with Crippen LogP contribution in [0.3, 0.4) is 0 Å². The van der Waals surface area contributed by atoms with E-state index in [1.165, 1.54) is 38.6 Å². The second-order valence-electron chi connectivity index (χ2n) is 6.36. The molecule has 0 amide bonds. The number of rotatable bonds is 8. The molecule has 2 rings (SSSR count). The second-order valence-corrected chi connectivity index (χ2v) is 6.36. The zero-order valence-electron chi connectivity index (χ0n) is 13.9. The van der Waals surface area contributed by atoms with E-state index in [0.29, 0.717) is 18.2 Å². The van der Waals surface area contributed by atoms with Gasteiger partial charge in [-0.3, -0.25) is 5.32 Å². The highest BCUT2D eigenvalue weighted by Crippen LogP contribution is 2.18. The van der Waals surface area contributed by atoms with Crippen LogP contribution in [0.5, 0.6) is 0 Å². The Morgan fingerprint density at radius 2 is 1.90 bits per heavy atom. The lowest BCUT2D eigenvalue weighted by atomic mass is 10.0. The number of hydrogen-bond donors (Lipinski definition) is 3. The van der Waals surface area contributed by atoms with Gasteiger partial charge in [-0.1, -0.05) is 32.8 Å². The summed E-state index contributed by atoms with van der Waals surface area (Å²) in [5.41, 5.74) is 0. The molecule has 3 N–H and O–H groups in total. The average Bonchev–Trinajstić information content (AvgIpc) is 2.68. The van der Waals surface area contributed by atoms with Crippen molar-refractivity contribution in [2.24, 2.45) is 0 Å². The number of nitrogens with zero attached hydrogens (tertiary/aromatic N) is 1. The molecule has 0 bridgehead atoms. The number of unbranched alkanes of at least 4 members (excludes halogenated alkanes) is 2. The molecule has 0 aromatic carbocycles. The minimum absolute atomic E-state index is 0.438.